The second-order valence-electron chi connectivity index (χ2n) is 7.53. The highest BCUT2D eigenvalue weighted by Crippen LogP contribution is 2.26. The lowest BCUT2D eigenvalue weighted by atomic mass is 9.88. The van der Waals surface area contributed by atoms with Crippen molar-refractivity contribution in [2.24, 2.45) is 0 Å². The molecule has 27 heavy (non-hydrogen) atoms. The van der Waals surface area contributed by atoms with Gasteiger partial charge in [0.2, 0.25) is 0 Å². The maximum absolute atomic E-state index is 12.8. The minimum atomic E-state index is -0.473. The smallest absolute Gasteiger partial charge is 0.261 e. The summed E-state index contributed by atoms with van der Waals surface area (Å²) in [6.07, 6.45) is 5.92. The Balaban J connectivity index is 1.68. The van der Waals surface area contributed by atoms with Crippen LogP contribution < -0.4 is 10.1 Å². The Morgan fingerprint density at radius 2 is 1.70 bits per heavy atom. The van der Waals surface area contributed by atoms with Gasteiger partial charge < -0.3 is 10.1 Å². The zero-order chi connectivity index (χ0) is 19.2. The van der Waals surface area contributed by atoms with Gasteiger partial charge in [-0.1, -0.05) is 49.7 Å². The third-order valence-electron chi connectivity index (χ3n) is 5.46. The van der Waals surface area contributed by atoms with Crippen LogP contribution in [0.15, 0.2) is 42.5 Å². The van der Waals surface area contributed by atoms with E-state index in [1.165, 1.54) is 41.5 Å². The molecule has 0 saturated carbocycles. The van der Waals surface area contributed by atoms with Crippen molar-refractivity contribution >= 4 is 5.91 Å². The lowest BCUT2D eigenvalue weighted by Gasteiger charge is -2.24. The van der Waals surface area contributed by atoms with Gasteiger partial charge in [0.25, 0.3) is 5.91 Å². The first-order valence-corrected chi connectivity index (χ1v) is 10.3. The van der Waals surface area contributed by atoms with Gasteiger partial charge in [-0.05, 0) is 74.3 Å². The Hall–Kier alpha value is -2.29. The van der Waals surface area contributed by atoms with Crippen LogP contribution in [-0.2, 0) is 17.6 Å². The summed E-state index contributed by atoms with van der Waals surface area (Å²) < 4.78 is 5.94. The Morgan fingerprint density at radius 1 is 1.00 bits per heavy atom. The van der Waals surface area contributed by atoms with E-state index >= 15 is 0 Å². The quantitative estimate of drug-likeness (QED) is 0.723. The number of ether oxygens (including phenoxy) is 1. The molecule has 0 aromatic heterocycles. The summed E-state index contributed by atoms with van der Waals surface area (Å²) in [7, 11) is 0. The zero-order valence-corrected chi connectivity index (χ0v) is 16.8. The van der Waals surface area contributed by atoms with Crippen LogP contribution in [0.3, 0.4) is 0 Å². The summed E-state index contributed by atoms with van der Waals surface area (Å²) in [5.41, 5.74) is 5.31. The molecular weight excluding hydrogens is 334 g/mol. The van der Waals surface area contributed by atoms with Crippen molar-refractivity contribution in [1.82, 2.24) is 5.32 Å². The van der Waals surface area contributed by atoms with Gasteiger partial charge in [-0.2, -0.15) is 0 Å². The van der Waals surface area contributed by atoms with Gasteiger partial charge in [-0.3, -0.25) is 4.79 Å². The molecule has 0 radical (unpaired) electrons. The van der Waals surface area contributed by atoms with Crippen molar-refractivity contribution in [2.75, 3.05) is 0 Å². The lowest BCUT2D eigenvalue weighted by Crippen LogP contribution is -2.40. The zero-order valence-electron chi connectivity index (χ0n) is 16.8. The van der Waals surface area contributed by atoms with Crippen LogP contribution in [0.1, 0.15) is 67.8 Å². The highest BCUT2D eigenvalue weighted by Gasteiger charge is 2.22. The summed E-state index contributed by atoms with van der Waals surface area (Å²) in [5, 5.41) is 3.21. The van der Waals surface area contributed by atoms with E-state index in [1.54, 1.807) is 0 Å². The van der Waals surface area contributed by atoms with Crippen LogP contribution in [0.25, 0.3) is 0 Å². The number of aryl methyl sites for hydroxylation is 3. The number of rotatable bonds is 7. The minimum absolute atomic E-state index is 0.0281. The molecule has 1 N–H and O–H groups in total. The molecule has 3 heteroatoms. The van der Waals surface area contributed by atoms with Gasteiger partial charge in [0.05, 0.1) is 6.04 Å². The monoisotopic (exact) mass is 365 g/mol. The molecule has 3 nitrogen and oxygen atoms in total. The predicted molar refractivity (Wildman–Crippen MR) is 110 cm³/mol. The van der Waals surface area contributed by atoms with Gasteiger partial charge in [-0.25, -0.2) is 0 Å². The van der Waals surface area contributed by atoms with Crippen LogP contribution in [-0.4, -0.2) is 12.0 Å². The van der Waals surface area contributed by atoms with Crippen LogP contribution in [0.4, 0.5) is 0 Å². The molecule has 1 aliphatic carbocycles. The van der Waals surface area contributed by atoms with Gasteiger partial charge >= 0.3 is 0 Å². The van der Waals surface area contributed by atoms with Gasteiger partial charge in [0.15, 0.2) is 6.10 Å². The van der Waals surface area contributed by atoms with E-state index in [0.717, 1.165) is 18.6 Å². The fourth-order valence-corrected chi connectivity index (χ4v) is 3.76. The highest BCUT2D eigenvalue weighted by atomic mass is 16.5. The van der Waals surface area contributed by atoms with Crippen LogP contribution in [0.5, 0.6) is 5.75 Å². The van der Waals surface area contributed by atoms with Crippen molar-refractivity contribution in [3.8, 4) is 5.75 Å². The number of hydrogen-bond donors (Lipinski definition) is 1. The Labute approximate surface area is 163 Å². The number of nitrogens with one attached hydrogen (secondary N) is 1. The minimum Gasteiger partial charge on any atom is -0.481 e. The first-order chi connectivity index (χ1) is 13.1. The summed E-state index contributed by atoms with van der Waals surface area (Å²) in [6, 6.07) is 14.6. The lowest BCUT2D eigenvalue weighted by molar-refractivity contribution is -0.128. The average Bonchev–Trinajstić information content (AvgIpc) is 2.71. The van der Waals surface area contributed by atoms with E-state index in [2.05, 4.69) is 30.4 Å². The van der Waals surface area contributed by atoms with E-state index in [4.69, 9.17) is 4.74 Å². The third kappa shape index (κ3) is 4.91. The summed E-state index contributed by atoms with van der Waals surface area (Å²) in [5.74, 6) is 0.701. The van der Waals surface area contributed by atoms with Gasteiger partial charge in [-0.15, -0.1) is 0 Å². The van der Waals surface area contributed by atoms with Gasteiger partial charge in [0.1, 0.15) is 5.75 Å². The fourth-order valence-electron chi connectivity index (χ4n) is 3.76. The number of carbonyl (C=O) groups is 1. The first kappa shape index (κ1) is 19.5. The Morgan fingerprint density at radius 3 is 2.37 bits per heavy atom. The molecule has 0 heterocycles. The van der Waals surface area contributed by atoms with E-state index in [9.17, 15) is 4.79 Å². The molecule has 2 aromatic rings. The molecule has 2 aromatic carbocycles. The van der Waals surface area contributed by atoms with Crippen molar-refractivity contribution in [3.63, 3.8) is 0 Å². The fraction of sp³-hybridized carbons (Fsp3) is 0.458. The Bertz CT molecular complexity index is 766. The molecule has 1 aliphatic rings. The van der Waals surface area contributed by atoms with Crippen molar-refractivity contribution < 1.29 is 9.53 Å². The molecule has 144 valence electrons. The maximum atomic E-state index is 12.8. The molecule has 0 unspecified atom stereocenters. The highest BCUT2D eigenvalue weighted by molar-refractivity contribution is 5.81. The Kier molecular flexibility index (Phi) is 6.54. The topological polar surface area (TPSA) is 38.3 Å². The van der Waals surface area contributed by atoms with E-state index in [0.29, 0.717) is 6.42 Å². The number of fused-ring (bicyclic) bond motifs is 1. The third-order valence-corrected chi connectivity index (χ3v) is 5.46. The number of carbonyl (C=O) groups excluding carboxylic acids is 1. The number of amides is 1. The second-order valence-corrected chi connectivity index (χ2v) is 7.53. The number of hydrogen-bond acceptors (Lipinski definition) is 2. The maximum Gasteiger partial charge on any atom is 0.261 e. The van der Waals surface area contributed by atoms with Crippen molar-refractivity contribution in [2.45, 2.75) is 71.4 Å². The van der Waals surface area contributed by atoms with E-state index in [1.807, 2.05) is 38.1 Å². The molecule has 2 atom stereocenters. The molecule has 1 amide bonds. The van der Waals surface area contributed by atoms with Crippen molar-refractivity contribution in [1.29, 1.82) is 0 Å². The first-order valence-electron chi connectivity index (χ1n) is 10.3. The largest absolute Gasteiger partial charge is 0.481 e. The van der Waals surface area contributed by atoms with E-state index < -0.39 is 6.10 Å². The van der Waals surface area contributed by atoms with Crippen LogP contribution in [0, 0.1) is 6.92 Å². The number of benzene rings is 2. The molecule has 0 saturated heterocycles. The molecular formula is C24H31NO2. The van der Waals surface area contributed by atoms with Crippen LogP contribution >= 0.6 is 0 Å². The molecule has 0 aliphatic heterocycles. The van der Waals surface area contributed by atoms with E-state index in [-0.39, 0.29) is 11.9 Å². The molecule has 0 bridgehead atoms. The summed E-state index contributed by atoms with van der Waals surface area (Å²) >= 11 is 0. The van der Waals surface area contributed by atoms with Gasteiger partial charge in [0, 0.05) is 0 Å². The normalized spacial score (nSPS) is 15.5. The second kappa shape index (κ2) is 9.07. The van der Waals surface area contributed by atoms with Crippen molar-refractivity contribution in [3.05, 3.63) is 64.7 Å². The molecule has 0 fully saturated rings. The molecule has 0 spiro atoms. The predicted octanol–water partition coefficient (Wildman–Crippen LogP) is 5.30. The average molecular weight is 366 g/mol. The SMILES string of the molecule is CC[C@H](Oc1ccc(C)cc1)C(=O)N[C@@H](CC)c1ccc2c(c1)CCCC2. The molecule has 3 rings (SSSR count). The summed E-state index contributed by atoms with van der Waals surface area (Å²) in [4.78, 5) is 12.8. The standard InChI is InChI=1S/C24H31NO2/c1-4-22(20-13-12-18-8-6-7-9-19(18)16-20)25-24(26)23(5-2)27-21-14-10-17(3)11-15-21/h10-16,22-23H,4-9H2,1-3H3,(H,25,26)/t22-,23-/m0/s1. The summed E-state index contributed by atoms with van der Waals surface area (Å²) in [6.45, 7) is 6.14. The van der Waals surface area contributed by atoms with Crippen LogP contribution in [0.2, 0.25) is 0 Å².